The lowest BCUT2D eigenvalue weighted by Gasteiger charge is -2.22. The quantitative estimate of drug-likeness (QED) is 0.770. The molecule has 0 aliphatic heterocycles. The third kappa shape index (κ3) is 3.05. The molecule has 0 unspecified atom stereocenters. The highest BCUT2D eigenvalue weighted by Gasteiger charge is 2.14. The van der Waals surface area contributed by atoms with Gasteiger partial charge >= 0.3 is 0 Å². The lowest BCUT2D eigenvalue weighted by atomic mass is 9.90. The van der Waals surface area contributed by atoms with Gasteiger partial charge in [-0.25, -0.2) is 0 Å². The highest BCUT2D eigenvalue weighted by Crippen LogP contribution is 2.19. The third-order valence-electron chi connectivity index (χ3n) is 2.31. The second kappa shape index (κ2) is 3.77. The third-order valence-corrected chi connectivity index (χ3v) is 2.31. The van der Waals surface area contributed by atoms with Gasteiger partial charge in [-0.05, 0) is 11.8 Å². The molecule has 0 fully saturated rings. The maximum atomic E-state index is 3.95. The van der Waals surface area contributed by atoms with E-state index >= 15 is 0 Å². The van der Waals surface area contributed by atoms with E-state index in [2.05, 4.69) is 36.4 Å². The van der Waals surface area contributed by atoms with Crippen LogP contribution in [0, 0.1) is 5.41 Å². The summed E-state index contributed by atoms with van der Waals surface area (Å²) in [5.74, 6) is 0.851. The molecule has 1 aromatic heterocycles. The van der Waals surface area contributed by atoms with Crippen molar-refractivity contribution in [1.82, 2.24) is 15.0 Å². The molecular weight excluding hydrogens is 164 g/mol. The van der Waals surface area contributed by atoms with Gasteiger partial charge in [0.15, 0.2) is 5.82 Å². The van der Waals surface area contributed by atoms with Crippen molar-refractivity contribution in [3.05, 3.63) is 6.20 Å². The SMILES string of the molecule is CCC(C)(C)CNc1cn(C)nn1. The summed E-state index contributed by atoms with van der Waals surface area (Å²) in [6.07, 6.45) is 3.03. The van der Waals surface area contributed by atoms with Crippen molar-refractivity contribution < 1.29 is 0 Å². The molecule has 1 rings (SSSR count). The molecule has 13 heavy (non-hydrogen) atoms. The Balaban J connectivity index is 2.43. The molecule has 74 valence electrons. The first-order chi connectivity index (χ1) is 6.03. The predicted octanol–water partition coefficient (Wildman–Crippen LogP) is 1.66. The van der Waals surface area contributed by atoms with Crippen molar-refractivity contribution in [2.45, 2.75) is 27.2 Å². The number of hydrogen-bond donors (Lipinski definition) is 1. The largest absolute Gasteiger partial charge is 0.367 e. The van der Waals surface area contributed by atoms with Crippen LogP contribution >= 0.6 is 0 Å². The molecule has 0 bridgehead atoms. The van der Waals surface area contributed by atoms with E-state index in [0.29, 0.717) is 5.41 Å². The average molecular weight is 182 g/mol. The van der Waals surface area contributed by atoms with E-state index < -0.39 is 0 Å². The zero-order valence-corrected chi connectivity index (χ0v) is 8.83. The van der Waals surface area contributed by atoms with E-state index in [9.17, 15) is 0 Å². The summed E-state index contributed by atoms with van der Waals surface area (Å²) in [5.41, 5.74) is 0.317. The smallest absolute Gasteiger partial charge is 0.168 e. The molecule has 0 atom stereocenters. The molecule has 4 nitrogen and oxygen atoms in total. The summed E-state index contributed by atoms with van der Waals surface area (Å²) >= 11 is 0. The summed E-state index contributed by atoms with van der Waals surface area (Å²) < 4.78 is 1.70. The molecule has 1 N–H and O–H groups in total. The standard InChI is InChI=1S/C9H18N4/c1-5-9(2,3)7-10-8-6-13(4)12-11-8/h6,10H,5,7H2,1-4H3. The van der Waals surface area contributed by atoms with Gasteiger partial charge in [-0.3, -0.25) is 4.68 Å². The second-order valence-corrected chi connectivity index (χ2v) is 4.15. The Bertz CT molecular complexity index is 264. The first kappa shape index (κ1) is 10.0. The minimum absolute atomic E-state index is 0.317. The number of nitrogens with one attached hydrogen (secondary N) is 1. The monoisotopic (exact) mass is 182 g/mol. The van der Waals surface area contributed by atoms with Gasteiger partial charge in [0.1, 0.15) is 0 Å². The van der Waals surface area contributed by atoms with Gasteiger partial charge in [-0.1, -0.05) is 26.0 Å². The van der Waals surface area contributed by atoms with E-state index in [0.717, 1.165) is 18.8 Å². The van der Waals surface area contributed by atoms with E-state index in [4.69, 9.17) is 0 Å². The van der Waals surface area contributed by atoms with Crippen LogP contribution in [0.15, 0.2) is 6.20 Å². The topological polar surface area (TPSA) is 42.7 Å². The lowest BCUT2D eigenvalue weighted by molar-refractivity contribution is 0.376. The fraction of sp³-hybridized carbons (Fsp3) is 0.778. The van der Waals surface area contributed by atoms with Gasteiger partial charge in [0.25, 0.3) is 0 Å². The minimum Gasteiger partial charge on any atom is -0.367 e. The van der Waals surface area contributed by atoms with Crippen LogP contribution in [0.3, 0.4) is 0 Å². The first-order valence-corrected chi connectivity index (χ1v) is 4.64. The van der Waals surface area contributed by atoms with Crippen LogP contribution in [-0.2, 0) is 7.05 Å². The van der Waals surface area contributed by atoms with Crippen molar-refractivity contribution in [2.75, 3.05) is 11.9 Å². The van der Waals surface area contributed by atoms with Crippen LogP contribution in [-0.4, -0.2) is 21.5 Å². The van der Waals surface area contributed by atoms with E-state index in [1.165, 1.54) is 0 Å². The maximum Gasteiger partial charge on any atom is 0.168 e. The molecule has 0 spiro atoms. The molecule has 0 radical (unpaired) electrons. The molecule has 0 saturated heterocycles. The van der Waals surface area contributed by atoms with E-state index in [1.807, 2.05) is 13.2 Å². The highest BCUT2D eigenvalue weighted by molar-refractivity contribution is 5.29. The Kier molecular flexibility index (Phi) is 2.90. The summed E-state index contributed by atoms with van der Waals surface area (Å²) in [6.45, 7) is 7.59. The summed E-state index contributed by atoms with van der Waals surface area (Å²) in [4.78, 5) is 0. The molecule has 0 saturated carbocycles. The van der Waals surface area contributed by atoms with Crippen molar-refractivity contribution in [3.8, 4) is 0 Å². The molecular formula is C9H18N4. The van der Waals surface area contributed by atoms with Crippen molar-refractivity contribution in [1.29, 1.82) is 0 Å². The van der Waals surface area contributed by atoms with Crippen molar-refractivity contribution >= 4 is 5.82 Å². The van der Waals surface area contributed by atoms with Crippen molar-refractivity contribution in [3.63, 3.8) is 0 Å². The van der Waals surface area contributed by atoms with Crippen LogP contribution in [0.5, 0.6) is 0 Å². The molecule has 1 aromatic rings. The first-order valence-electron chi connectivity index (χ1n) is 4.64. The van der Waals surface area contributed by atoms with Gasteiger partial charge in [0.2, 0.25) is 0 Å². The molecule has 4 heteroatoms. The summed E-state index contributed by atoms with van der Waals surface area (Å²) in [6, 6.07) is 0. The van der Waals surface area contributed by atoms with Crippen LogP contribution in [0.1, 0.15) is 27.2 Å². The van der Waals surface area contributed by atoms with Crippen molar-refractivity contribution in [2.24, 2.45) is 12.5 Å². The number of nitrogens with zero attached hydrogens (tertiary/aromatic N) is 3. The summed E-state index contributed by atoms with van der Waals surface area (Å²) in [5, 5.41) is 11.1. The Hall–Kier alpha value is -1.06. The average Bonchev–Trinajstić information content (AvgIpc) is 2.48. The lowest BCUT2D eigenvalue weighted by Crippen LogP contribution is -2.22. The Labute approximate surface area is 79.3 Å². The Morgan fingerprint density at radius 1 is 1.54 bits per heavy atom. The van der Waals surface area contributed by atoms with Gasteiger partial charge in [0.05, 0.1) is 6.20 Å². The van der Waals surface area contributed by atoms with Gasteiger partial charge in [-0.15, -0.1) is 5.10 Å². The fourth-order valence-electron chi connectivity index (χ4n) is 0.883. The number of rotatable bonds is 4. The van der Waals surface area contributed by atoms with Gasteiger partial charge in [-0.2, -0.15) is 0 Å². The van der Waals surface area contributed by atoms with Crippen LogP contribution in [0.2, 0.25) is 0 Å². The molecule has 0 amide bonds. The number of hydrogen-bond acceptors (Lipinski definition) is 3. The molecule has 0 aromatic carbocycles. The van der Waals surface area contributed by atoms with Crippen LogP contribution in [0.4, 0.5) is 5.82 Å². The molecule has 0 aliphatic carbocycles. The zero-order valence-electron chi connectivity index (χ0n) is 8.83. The number of anilines is 1. The maximum absolute atomic E-state index is 3.95. The highest BCUT2D eigenvalue weighted by atomic mass is 15.4. The minimum atomic E-state index is 0.317. The molecule has 1 heterocycles. The predicted molar refractivity (Wildman–Crippen MR) is 53.6 cm³/mol. The number of aryl methyl sites for hydroxylation is 1. The Morgan fingerprint density at radius 3 is 2.69 bits per heavy atom. The fourth-order valence-corrected chi connectivity index (χ4v) is 0.883. The van der Waals surface area contributed by atoms with Gasteiger partial charge < -0.3 is 5.32 Å². The van der Waals surface area contributed by atoms with E-state index in [1.54, 1.807) is 4.68 Å². The summed E-state index contributed by atoms with van der Waals surface area (Å²) in [7, 11) is 1.86. The van der Waals surface area contributed by atoms with Crippen LogP contribution in [0.25, 0.3) is 0 Å². The molecule has 0 aliphatic rings. The van der Waals surface area contributed by atoms with Gasteiger partial charge in [0, 0.05) is 13.6 Å². The Morgan fingerprint density at radius 2 is 2.23 bits per heavy atom. The van der Waals surface area contributed by atoms with E-state index in [-0.39, 0.29) is 0 Å². The number of aromatic nitrogens is 3. The normalized spacial score (nSPS) is 11.7. The zero-order chi connectivity index (χ0) is 9.90. The second-order valence-electron chi connectivity index (χ2n) is 4.15. The van der Waals surface area contributed by atoms with Crippen LogP contribution < -0.4 is 5.32 Å².